The number of esters is 1. The monoisotopic (exact) mass is 220 g/mol. The minimum Gasteiger partial charge on any atom is -0.505 e. The van der Waals surface area contributed by atoms with Crippen LogP contribution in [0.25, 0.3) is 0 Å². The maximum absolute atomic E-state index is 10.7. The Morgan fingerprint density at radius 2 is 1.80 bits per heavy atom. The molecule has 1 heterocycles. The first-order valence-corrected chi connectivity index (χ1v) is 4.23. The standard InChI is InChI=1S/C8H12O7/c1-2(9)3(10)4(11)7-5(12)6(13)8(14)15-7/h2-4,7,9-13H,1H3. The first-order chi connectivity index (χ1) is 6.86. The highest BCUT2D eigenvalue weighted by Gasteiger charge is 2.42. The Balaban J connectivity index is 2.80. The van der Waals surface area contributed by atoms with E-state index >= 15 is 0 Å². The van der Waals surface area contributed by atoms with Crippen molar-refractivity contribution in [1.29, 1.82) is 0 Å². The lowest BCUT2D eigenvalue weighted by Gasteiger charge is -2.24. The summed E-state index contributed by atoms with van der Waals surface area (Å²) in [5.41, 5.74) is 0. The summed E-state index contributed by atoms with van der Waals surface area (Å²) < 4.78 is 4.38. The molecular formula is C8H12O7. The topological polar surface area (TPSA) is 127 Å². The van der Waals surface area contributed by atoms with Crippen molar-refractivity contribution in [2.45, 2.75) is 31.3 Å². The highest BCUT2D eigenvalue weighted by atomic mass is 16.6. The van der Waals surface area contributed by atoms with Crippen LogP contribution in [0.15, 0.2) is 11.5 Å². The van der Waals surface area contributed by atoms with Gasteiger partial charge in [0, 0.05) is 0 Å². The lowest BCUT2D eigenvalue weighted by atomic mass is 10.0. The molecule has 0 fully saturated rings. The van der Waals surface area contributed by atoms with E-state index in [1.54, 1.807) is 0 Å². The van der Waals surface area contributed by atoms with Gasteiger partial charge in [0.25, 0.3) is 0 Å². The van der Waals surface area contributed by atoms with Gasteiger partial charge in [-0.1, -0.05) is 0 Å². The maximum atomic E-state index is 10.7. The van der Waals surface area contributed by atoms with Gasteiger partial charge in [-0.2, -0.15) is 0 Å². The third-order valence-corrected chi connectivity index (χ3v) is 2.09. The molecule has 0 aliphatic carbocycles. The van der Waals surface area contributed by atoms with Crippen LogP contribution in [0.5, 0.6) is 0 Å². The Morgan fingerprint density at radius 3 is 2.13 bits per heavy atom. The van der Waals surface area contributed by atoms with Crippen molar-refractivity contribution in [3.05, 3.63) is 11.5 Å². The van der Waals surface area contributed by atoms with Gasteiger partial charge in [-0.15, -0.1) is 0 Å². The predicted molar refractivity (Wildman–Crippen MR) is 45.9 cm³/mol. The summed E-state index contributed by atoms with van der Waals surface area (Å²) >= 11 is 0. The molecule has 15 heavy (non-hydrogen) atoms. The molecule has 86 valence electrons. The minimum atomic E-state index is -1.71. The SMILES string of the molecule is CC(O)C(O)C(O)C1OC(=O)C(O)=C1O. The highest BCUT2D eigenvalue weighted by molar-refractivity contribution is 5.89. The van der Waals surface area contributed by atoms with Crippen molar-refractivity contribution in [2.24, 2.45) is 0 Å². The Bertz CT molecular complexity index is 295. The largest absolute Gasteiger partial charge is 0.505 e. The average Bonchev–Trinajstić information content (AvgIpc) is 2.43. The van der Waals surface area contributed by atoms with E-state index in [0.717, 1.165) is 0 Å². The fourth-order valence-corrected chi connectivity index (χ4v) is 1.16. The van der Waals surface area contributed by atoms with Crippen molar-refractivity contribution in [3.8, 4) is 0 Å². The van der Waals surface area contributed by atoms with Gasteiger partial charge in [-0.25, -0.2) is 4.79 Å². The number of cyclic esters (lactones) is 1. The molecule has 1 aliphatic heterocycles. The molecule has 0 saturated carbocycles. The van der Waals surface area contributed by atoms with Gasteiger partial charge in [0.05, 0.1) is 6.10 Å². The lowest BCUT2D eigenvalue weighted by molar-refractivity contribution is -0.154. The molecule has 1 rings (SSSR count). The van der Waals surface area contributed by atoms with Crippen LogP contribution < -0.4 is 0 Å². The average molecular weight is 220 g/mol. The summed E-state index contributed by atoms with van der Waals surface area (Å²) in [4.78, 5) is 10.7. The van der Waals surface area contributed by atoms with Gasteiger partial charge in [-0.05, 0) is 6.92 Å². The van der Waals surface area contributed by atoms with Gasteiger partial charge in [0.1, 0.15) is 12.2 Å². The van der Waals surface area contributed by atoms with E-state index in [2.05, 4.69) is 4.74 Å². The van der Waals surface area contributed by atoms with Crippen molar-refractivity contribution in [3.63, 3.8) is 0 Å². The Hall–Kier alpha value is -1.31. The molecule has 0 bridgehead atoms. The molecule has 7 nitrogen and oxygen atoms in total. The van der Waals surface area contributed by atoms with Crippen LogP contribution in [0.3, 0.4) is 0 Å². The zero-order valence-electron chi connectivity index (χ0n) is 7.86. The number of hydrogen-bond acceptors (Lipinski definition) is 7. The van der Waals surface area contributed by atoms with E-state index in [1.807, 2.05) is 0 Å². The number of carbonyl (C=O) groups is 1. The number of aliphatic hydroxyl groups is 5. The van der Waals surface area contributed by atoms with E-state index in [1.165, 1.54) is 6.92 Å². The second-order valence-corrected chi connectivity index (χ2v) is 3.28. The Kier molecular flexibility index (Phi) is 3.18. The number of ether oxygens (including phenoxy) is 1. The summed E-state index contributed by atoms with van der Waals surface area (Å²) in [6, 6.07) is 0. The van der Waals surface area contributed by atoms with Crippen LogP contribution in [0, 0.1) is 0 Å². The van der Waals surface area contributed by atoms with Crippen LogP contribution in [0.4, 0.5) is 0 Å². The molecule has 0 saturated heterocycles. The molecule has 5 N–H and O–H groups in total. The van der Waals surface area contributed by atoms with Crippen LogP contribution in [0.2, 0.25) is 0 Å². The summed E-state index contributed by atoms with van der Waals surface area (Å²) in [6.07, 6.45) is -6.13. The fraction of sp³-hybridized carbons (Fsp3) is 0.625. The molecule has 0 radical (unpaired) electrons. The summed E-state index contributed by atoms with van der Waals surface area (Å²) in [5.74, 6) is -3.04. The minimum absolute atomic E-state index is 0.854. The second kappa shape index (κ2) is 4.05. The number of aliphatic hydroxyl groups excluding tert-OH is 5. The molecule has 0 aromatic rings. The third kappa shape index (κ3) is 2.04. The molecule has 0 aromatic heterocycles. The molecule has 0 aromatic carbocycles. The zero-order valence-corrected chi connectivity index (χ0v) is 7.86. The van der Waals surface area contributed by atoms with E-state index in [9.17, 15) is 15.0 Å². The Morgan fingerprint density at radius 1 is 1.27 bits per heavy atom. The molecule has 7 heteroatoms. The van der Waals surface area contributed by atoms with E-state index in [4.69, 9.17) is 15.3 Å². The smallest absolute Gasteiger partial charge is 0.377 e. The van der Waals surface area contributed by atoms with Crippen molar-refractivity contribution >= 4 is 5.97 Å². The number of carbonyl (C=O) groups excluding carboxylic acids is 1. The summed E-state index contributed by atoms with van der Waals surface area (Å²) in [7, 11) is 0. The molecule has 4 unspecified atom stereocenters. The second-order valence-electron chi connectivity index (χ2n) is 3.28. The predicted octanol–water partition coefficient (Wildman–Crippen LogP) is -1.66. The van der Waals surface area contributed by atoms with Gasteiger partial charge < -0.3 is 30.3 Å². The summed E-state index contributed by atoms with van der Waals surface area (Å²) in [6.45, 7) is 1.21. The van der Waals surface area contributed by atoms with Crippen LogP contribution in [-0.4, -0.2) is 55.9 Å². The zero-order chi connectivity index (χ0) is 11.7. The fourth-order valence-electron chi connectivity index (χ4n) is 1.16. The van der Waals surface area contributed by atoms with E-state index in [-0.39, 0.29) is 0 Å². The normalized spacial score (nSPS) is 27.5. The van der Waals surface area contributed by atoms with Gasteiger partial charge in [-0.3, -0.25) is 0 Å². The lowest BCUT2D eigenvalue weighted by Crippen LogP contribution is -2.44. The first kappa shape index (κ1) is 11.8. The first-order valence-electron chi connectivity index (χ1n) is 4.23. The number of rotatable bonds is 3. The molecule has 1 aliphatic rings. The van der Waals surface area contributed by atoms with Crippen LogP contribution in [0.1, 0.15) is 6.92 Å². The van der Waals surface area contributed by atoms with Crippen molar-refractivity contribution in [1.82, 2.24) is 0 Å². The van der Waals surface area contributed by atoms with Gasteiger partial charge >= 0.3 is 5.97 Å². The van der Waals surface area contributed by atoms with Crippen LogP contribution >= 0.6 is 0 Å². The van der Waals surface area contributed by atoms with Gasteiger partial charge in [0.2, 0.25) is 5.76 Å². The number of hydrogen-bond donors (Lipinski definition) is 5. The van der Waals surface area contributed by atoms with E-state index < -0.39 is 41.9 Å². The highest BCUT2D eigenvalue weighted by Crippen LogP contribution is 2.23. The quantitative estimate of drug-likeness (QED) is 0.360. The summed E-state index contributed by atoms with van der Waals surface area (Å²) in [5, 5.41) is 45.7. The maximum Gasteiger partial charge on any atom is 0.377 e. The van der Waals surface area contributed by atoms with Gasteiger partial charge in [0.15, 0.2) is 11.9 Å². The third-order valence-electron chi connectivity index (χ3n) is 2.09. The molecular weight excluding hydrogens is 208 g/mol. The van der Waals surface area contributed by atoms with E-state index in [0.29, 0.717) is 0 Å². The van der Waals surface area contributed by atoms with Crippen molar-refractivity contribution < 1.29 is 35.1 Å². The molecule has 4 atom stereocenters. The molecule has 0 spiro atoms. The Labute approximate surface area is 84.8 Å². The van der Waals surface area contributed by atoms with Crippen LogP contribution in [-0.2, 0) is 9.53 Å². The van der Waals surface area contributed by atoms with Crippen molar-refractivity contribution in [2.75, 3.05) is 0 Å². The molecule has 0 amide bonds.